The Labute approximate surface area is 297 Å². The number of ether oxygens (including phenoxy) is 2. The van der Waals surface area contributed by atoms with E-state index in [-0.39, 0.29) is 59.0 Å². The maximum absolute atomic E-state index is 13.4. The summed E-state index contributed by atoms with van der Waals surface area (Å²) < 4.78 is 18.1. The highest BCUT2D eigenvalue weighted by Crippen LogP contribution is 2.42. The van der Waals surface area contributed by atoms with Gasteiger partial charge in [0.15, 0.2) is 18.3 Å². The molecule has 17 heteroatoms. The first kappa shape index (κ1) is 38.8. The molecule has 1 aliphatic carbocycles. The predicted molar refractivity (Wildman–Crippen MR) is 192 cm³/mol. The lowest BCUT2D eigenvalue weighted by Gasteiger charge is -2.29. The number of hydrogen-bond acceptors (Lipinski definition) is 12. The van der Waals surface area contributed by atoms with Crippen molar-refractivity contribution in [1.29, 1.82) is 0 Å². The number of hydrogen-bond donors (Lipinski definition) is 6. The number of anilines is 1. The van der Waals surface area contributed by atoms with Crippen molar-refractivity contribution in [3.05, 3.63) is 75.8 Å². The molecule has 51 heavy (non-hydrogen) atoms. The van der Waals surface area contributed by atoms with Crippen LogP contribution < -0.4 is 36.8 Å². The van der Waals surface area contributed by atoms with Crippen LogP contribution in [0.2, 0.25) is 0 Å². The highest BCUT2D eigenvalue weighted by atomic mass is 31.2. The summed E-state index contributed by atoms with van der Waals surface area (Å²) in [6.07, 6.45) is 2.82. The van der Waals surface area contributed by atoms with Crippen LogP contribution >= 0.6 is 8.60 Å². The van der Waals surface area contributed by atoms with Gasteiger partial charge in [-0.15, -0.1) is 5.10 Å². The SMILES string of the molecule is CNC(=O)c1cn(COC(=O)CC(C)(C)c2c(C)cc(C)cc2OP(O)O)c(NC(=O)C2CC2)cc1=Nc1cccc(/C(N)=N/N(C)N)c1OC. The third kappa shape index (κ3) is 9.82. The topological polar surface area (TPSA) is 228 Å². The zero-order valence-electron chi connectivity index (χ0n) is 29.7. The first-order valence-electron chi connectivity index (χ1n) is 16.0. The maximum Gasteiger partial charge on any atom is 0.391 e. The van der Waals surface area contributed by atoms with Crippen molar-refractivity contribution in [3.63, 3.8) is 0 Å². The molecule has 2 amide bonds. The first-order chi connectivity index (χ1) is 24.0. The number of amidine groups is 1. The predicted octanol–water partition coefficient (Wildman–Crippen LogP) is 2.94. The van der Waals surface area contributed by atoms with E-state index in [9.17, 15) is 24.2 Å². The molecule has 0 aliphatic heterocycles. The number of rotatable bonds is 14. The van der Waals surface area contributed by atoms with Crippen LogP contribution in [0.4, 0.5) is 11.5 Å². The molecule has 0 spiro atoms. The molecular weight excluding hydrogens is 679 g/mol. The van der Waals surface area contributed by atoms with Gasteiger partial charge in [0.2, 0.25) is 5.91 Å². The van der Waals surface area contributed by atoms with Gasteiger partial charge < -0.3 is 40.2 Å². The second-order valence-electron chi connectivity index (χ2n) is 12.8. The number of nitrogens with two attached hydrogens (primary N) is 2. The van der Waals surface area contributed by atoms with E-state index in [1.54, 1.807) is 24.3 Å². The number of carbonyl (C=O) groups excluding carboxylic acids is 3. The average molecular weight is 725 g/mol. The minimum absolute atomic E-state index is 0.0712. The number of carbonyl (C=O) groups is 3. The van der Waals surface area contributed by atoms with Gasteiger partial charge in [0.1, 0.15) is 17.3 Å². The summed E-state index contributed by atoms with van der Waals surface area (Å²) in [5, 5.41) is 10.8. The Balaban J connectivity index is 1.74. The molecule has 0 atom stereocenters. The van der Waals surface area contributed by atoms with Crippen molar-refractivity contribution in [2.75, 3.05) is 26.5 Å². The molecule has 1 fully saturated rings. The maximum atomic E-state index is 13.4. The van der Waals surface area contributed by atoms with Crippen LogP contribution in [-0.2, 0) is 26.5 Å². The van der Waals surface area contributed by atoms with E-state index >= 15 is 0 Å². The Morgan fingerprint density at radius 1 is 1.14 bits per heavy atom. The largest absolute Gasteiger partial charge is 0.494 e. The summed E-state index contributed by atoms with van der Waals surface area (Å²) in [6, 6.07) is 10.1. The number of amides is 2. The van der Waals surface area contributed by atoms with Gasteiger partial charge in [0.25, 0.3) is 5.91 Å². The summed E-state index contributed by atoms with van der Waals surface area (Å²) in [5.74, 6) is 5.02. The molecule has 8 N–H and O–H groups in total. The number of nitrogens with one attached hydrogen (secondary N) is 2. The lowest BCUT2D eigenvalue weighted by atomic mass is 9.78. The molecule has 1 heterocycles. The van der Waals surface area contributed by atoms with Gasteiger partial charge in [0.05, 0.1) is 30.0 Å². The number of esters is 1. The van der Waals surface area contributed by atoms with Crippen LogP contribution in [-0.4, -0.2) is 64.3 Å². The van der Waals surface area contributed by atoms with Gasteiger partial charge in [-0.2, -0.15) is 0 Å². The highest BCUT2D eigenvalue weighted by Gasteiger charge is 2.32. The summed E-state index contributed by atoms with van der Waals surface area (Å²) in [4.78, 5) is 63.5. The molecule has 0 saturated heterocycles. The molecule has 1 aromatic heterocycles. The molecule has 4 rings (SSSR count). The number of benzene rings is 2. The summed E-state index contributed by atoms with van der Waals surface area (Å²) >= 11 is 0. The Kier molecular flexibility index (Phi) is 12.4. The third-order valence-electron chi connectivity index (χ3n) is 8.05. The molecule has 1 saturated carbocycles. The molecule has 0 unspecified atom stereocenters. The lowest BCUT2D eigenvalue weighted by Crippen LogP contribution is -2.30. The Morgan fingerprint density at radius 2 is 1.84 bits per heavy atom. The normalized spacial score (nSPS) is 13.5. The van der Waals surface area contributed by atoms with E-state index < -0.39 is 25.9 Å². The van der Waals surface area contributed by atoms with E-state index in [0.717, 1.165) is 29.1 Å². The molecule has 0 bridgehead atoms. The number of methoxy groups -OCH3 is 1. The summed E-state index contributed by atoms with van der Waals surface area (Å²) in [7, 11) is 1.73. The number of pyridine rings is 1. The number of hydrazone groups is 1. The zero-order chi connectivity index (χ0) is 37.6. The van der Waals surface area contributed by atoms with Gasteiger partial charge in [-0.1, -0.05) is 26.0 Å². The standard InChI is InChI=1S/C34H45N8O8P/c1-19-13-20(2)29(26(14-19)50-51(46)47)34(3,4)16-28(43)49-18-42-17-23(33(45)37-5)25(15-27(42)39-32(44)21-11-12-21)38-24-10-8-9-22(30(24)48-7)31(35)40-41(6)36/h8-10,13-15,17,21,46-47H,11-12,16,18,36H2,1-7H3,(H2,35,40)(H,37,45)(H,39,44). The van der Waals surface area contributed by atoms with Crippen LogP contribution in [0.15, 0.2) is 52.7 Å². The second kappa shape index (κ2) is 16.3. The number of aryl methyl sites for hydroxylation is 2. The van der Waals surface area contributed by atoms with Crippen molar-refractivity contribution in [2.24, 2.45) is 27.6 Å². The summed E-state index contributed by atoms with van der Waals surface area (Å²) in [5.41, 5.74) is 8.43. The monoisotopic (exact) mass is 724 g/mol. The fraction of sp³-hybridized carbons (Fsp3) is 0.382. The van der Waals surface area contributed by atoms with Crippen molar-refractivity contribution < 1.29 is 38.2 Å². The molecule has 2 aromatic carbocycles. The fourth-order valence-electron chi connectivity index (χ4n) is 5.75. The molecule has 16 nitrogen and oxygen atoms in total. The van der Waals surface area contributed by atoms with Crippen molar-refractivity contribution in [3.8, 4) is 11.5 Å². The van der Waals surface area contributed by atoms with Crippen LogP contribution in [0.25, 0.3) is 0 Å². The molecule has 3 aromatic rings. The van der Waals surface area contributed by atoms with Crippen LogP contribution in [0.3, 0.4) is 0 Å². The molecule has 1 aliphatic rings. The smallest absolute Gasteiger partial charge is 0.391 e. The Hall–Kier alpha value is -5.02. The lowest BCUT2D eigenvalue weighted by molar-refractivity contribution is -0.148. The number of nitrogens with zero attached hydrogens (tertiary/aromatic N) is 4. The van der Waals surface area contributed by atoms with Crippen molar-refractivity contribution in [2.45, 2.75) is 59.1 Å². The van der Waals surface area contributed by atoms with E-state index in [0.29, 0.717) is 16.8 Å². The Morgan fingerprint density at radius 3 is 2.45 bits per heavy atom. The van der Waals surface area contributed by atoms with E-state index in [2.05, 4.69) is 15.7 Å². The van der Waals surface area contributed by atoms with E-state index in [4.69, 9.17) is 30.6 Å². The van der Waals surface area contributed by atoms with Gasteiger partial charge in [-0.3, -0.25) is 19.0 Å². The molecular formula is C34H45N8O8P. The number of aromatic nitrogens is 1. The third-order valence-corrected chi connectivity index (χ3v) is 8.41. The number of hydrazine groups is 1. The van der Waals surface area contributed by atoms with Crippen LogP contribution in [0, 0.1) is 19.8 Å². The minimum Gasteiger partial charge on any atom is -0.494 e. The second-order valence-corrected chi connectivity index (χ2v) is 13.5. The first-order valence-corrected chi connectivity index (χ1v) is 17.2. The average Bonchev–Trinajstić information content (AvgIpc) is 3.88. The van der Waals surface area contributed by atoms with Gasteiger partial charge in [0, 0.05) is 43.3 Å². The van der Waals surface area contributed by atoms with Crippen molar-refractivity contribution >= 4 is 43.7 Å². The van der Waals surface area contributed by atoms with E-state index in [1.165, 1.54) is 38.0 Å². The van der Waals surface area contributed by atoms with Crippen LogP contribution in [0.1, 0.15) is 65.7 Å². The summed E-state index contributed by atoms with van der Waals surface area (Å²) in [6.45, 7) is 6.99. The zero-order valence-corrected chi connectivity index (χ0v) is 30.6. The van der Waals surface area contributed by atoms with Gasteiger partial charge in [-0.25, -0.2) is 16.0 Å². The van der Waals surface area contributed by atoms with Crippen molar-refractivity contribution in [1.82, 2.24) is 15.0 Å². The molecule has 0 radical (unpaired) electrons. The highest BCUT2D eigenvalue weighted by molar-refractivity contribution is 7.39. The Bertz CT molecular complexity index is 1900. The van der Waals surface area contributed by atoms with Crippen LogP contribution in [0.5, 0.6) is 11.5 Å². The molecule has 274 valence electrons. The fourth-order valence-corrected chi connectivity index (χ4v) is 6.07. The van der Waals surface area contributed by atoms with E-state index in [1.807, 2.05) is 33.8 Å². The minimum atomic E-state index is -2.69. The van der Waals surface area contributed by atoms with Gasteiger partial charge >= 0.3 is 14.6 Å². The number of para-hydroxylation sites is 1. The quantitative estimate of drug-likeness (QED) is 0.0354. The van der Waals surface area contributed by atoms with Gasteiger partial charge in [-0.05, 0) is 56.0 Å².